The van der Waals surface area contributed by atoms with Crippen LogP contribution in [0.15, 0.2) is 85.1 Å². The van der Waals surface area contributed by atoms with Gasteiger partial charge >= 0.3 is 0 Å². The second-order valence-electron chi connectivity index (χ2n) is 9.20. The topological polar surface area (TPSA) is 49.8 Å². The number of fused-ring (bicyclic) bond motifs is 4. The molecule has 4 aromatic rings. The molecule has 1 fully saturated rings. The number of hydrogen-bond acceptors (Lipinski definition) is 4. The van der Waals surface area contributed by atoms with E-state index in [1.165, 1.54) is 46.2 Å². The van der Waals surface area contributed by atoms with E-state index in [9.17, 15) is 0 Å². The highest BCUT2D eigenvalue weighted by Gasteiger charge is 2.40. The molecule has 1 aliphatic carbocycles. The van der Waals surface area contributed by atoms with Crippen LogP contribution in [0.25, 0.3) is 22.4 Å². The number of nitrogens with one attached hydrogen (secondary N) is 2. The number of nitrogens with zero attached hydrogens (tertiary/aromatic N) is 2. The smallest absolute Gasteiger partial charge is 0.223 e. The summed E-state index contributed by atoms with van der Waals surface area (Å²) >= 11 is 0. The van der Waals surface area contributed by atoms with Gasteiger partial charge in [-0.15, -0.1) is 0 Å². The minimum atomic E-state index is 0.210. The van der Waals surface area contributed by atoms with Crippen molar-refractivity contribution in [2.75, 3.05) is 18.4 Å². The molecule has 3 aromatic carbocycles. The molecular weight excluding hydrogens is 404 g/mol. The van der Waals surface area contributed by atoms with Crippen LogP contribution in [0.5, 0.6) is 0 Å². The number of aromatic nitrogens is 2. The predicted octanol–water partition coefficient (Wildman–Crippen LogP) is 5.60. The summed E-state index contributed by atoms with van der Waals surface area (Å²) in [5.41, 5.74) is 8.99. The summed E-state index contributed by atoms with van der Waals surface area (Å²) in [5.74, 6) is 0.688. The second kappa shape index (κ2) is 8.45. The maximum absolute atomic E-state index is 5.01. The molecule has 0 amide bonds. The first-order valence-electron chi connectivity index (χ1n) is 11.9. The standard InChI is InChI=1S/C29H28N4/c1-2-8-21(9-3-1)24-11-5-4-10-22(24)19-31-28-32-20-23-18-29(14-16-30-17-15-29)26-13-7-6-12-25(26)27(23)33-28/h1-13,20,30H,14-19H2,(H,31,32,33). The molecule has 0 saturated carbocycles. The molecule has 4 heteroatoms. The Bertz CT molecular complexity index is 1280. The first-order valence-corrected chi connectivity index (χ1v) is 11.9. The Morgan fingerprint density at radius 2 is 1.55 bits per heavy atom. The lowest BCUT2D eigenvalue weighted by Crippen LogP contribution is -2.43. The van der Waals surface area contributed by atoms with Crippen molar-refractivity contribution in [1.82, 2.24) is 15.3 Å². The summed E-state index contributed by atoms with van der Waals surface area (Å²) in [6, 6.07) is 27.9. The van der Waals surface area contributed by atoms with E-state index in [0.29, 0.717) is 12.5 Å². The Labute approximate surface area is 195 Å². The molecular formula is C29H28N4. The Hall–Kier alpha value is -3.50. The summed E-state index contributed by atoms with van der Waals surface area (Å²) in [4.78, 5) is 9.73. The van der Waals surface area contributed by atoms with Gasteiger partial charge in [0.15, 0.2) is 0 Å². The van der Waals surface area contributed by atoms with Crippen LogP contribution in [0.2, 0.25) is 0 Å². The van der Waals surface area contributed by atoms with Gasteiger partial charge in [-0.1, -0.05) is 78.9 Å². The predicted molar refractivity (Wildman–Crippen MR) is 134 cm³/mol. The number of benzene rings is 3. The van der Waals surface area contributed by atoms with Gasteiger partial charge in [0, 0.05) is 23.7 Å². The van der Waals surface area contributed by atoms with E-state index in [1.807, 2.05) is 6.20 Å². The minimum Gasteiger partial charge on any atom is -0.350 e. The van der Waals surface area contributed by atoms with Crippen molar-refractivity contribution in [3.05, 3.63) is 102 Å². The van der Waals surface area contributed by atoms with Gasteiger partial charge in [0.1, 0.15) is 0 Å². The normalized spacial score (nSPS) is 16.1. The molecule has 4 nitrogen and oxygen atoms in total. The fourth-order valence-corrected chi connectivity index (χ4v) is 5.57. The van der Waals surface area contributed by atoms with E-state index < -0.39 is 0 Å². The third-order valence-corrected chi connectivity index (χ3v) is 7.25. The lowest BCUT2D eigenvalue weighted by Gasteiger charge is -2.42. The third-order valence-electron chi connectivity index (χ3n) is 7.25. The van der Waals surface area contributed by atoms with Gasteiger partial charge in [-0.3, -0.25) is 0 Å². The van der Waals surface area contributed by atoms with Gasteiger partial charge in [0.2, 0.25) is 5.95 Å². The number of anilines is 1. The molecule has 2 aliphatic rings. The summed E-state index contributed by atoms with van der Waals surface area (Å²) < 4.78 is 0. The van der Waals surface area contributed by atoms with Crippen LogP contribution in [0.3, 0.4) is 0 Å². The molecule has 1 spiro atoms. The molecule has 164 valence electrons. The van der Waals surface area contributed by atoms with Crippen LogP contribution < -0.4 is 10.6 Å². The zero-order valence-corrected chi connectivity index (χ0v) is 18.7. The molecule has 1 aliphatic heterocycles. The number of piperidine rings is 1. The van der Waals surface area contributed by atoms with Gasteiger partial charge in [0.05, 0.1) is 5.69 Å². The van der Waals surface area contributed by atoms with E-state index >= 15 is 0 Å². The van der Waals surface area contributed by atoms with Crippen LogP contribution >= 0.6 is 0 Å². The monoisotopic (exact) mass is 432 g/mol. The Morgan fingerprint density at radius 3 is 2.39 bits per heavy atom. The fraction of sp³-hybridized carbons (Fsp3) is 0.241. The SMILES string of the molecule is c1ccc(-c2ccccc2CNc2ncc3c(n2)-c2ccccc2C2(CCNCC2)C3)cc1. The molecule has 0 bridgehead atoms. The summed E-state index contributed by atoms with van der Waals surface area (Å²) in [7, 11) is 0. The molecule has 0 radical (unpaired) electrons. The molecule has 1 saturated heterocycles. The lowest BCUT2D eigenvalue weighted by atomic mass is 9.64. The van der Waals surface area contributed by atoms with E-state index in [-0.39, 0.29) is 5.41 Å². The van der Waals surface area contributed by atoms with Gasteiger partial charge in [-0.25, -0.2) is 9.97 Å². The van der Waals surface area contributed by atoms with Gasteiger partial charge < -0.3 is 10.6 Å². The maximum atomic E-state index is 5.01. The van der Waals surface area contributed by atoms with Crippen molar-refractivity contribution < 1.29 is 0 Å². The van der Waals surface area contributed by atoms with E-state index in [1.54, 1.807) is 0 Å². The minimum absolute atomic E-state index is 0.210. The van der Waals surface area contributed by atoms with E-state index in [4.69, 9.17) is 9.97 Å². The second-order valence-corrected chi connectivity index (χ2v) is 9.20. The lowest BCUT2D eigenvalue weighted by molar-refractivity contribution is 0.302. The zero-order valence-electron chi connectivity index (χ0n) is 18.7. The largest absolute Gasteiger partial charge is 0.350 e. The highest BCUT2D eigenvalue weighted by molar-refractivity contribution is 5.73. The maximum Gasteiger partial charge on any atom is 0.223 e. The third kappa shape index (κ3) is 3.70. The average Bonchev–Trinajstić information content (AvgIpc) is 2.89. The quantitative estimate of drug-likeness (QED) is 0.441. The van der Waals surface area contributed by atoms with Gasteiger partial charge in [-0.2, -0.15) is 0 Å². The molecule has 2 N–H and O–H groups in total. The molecule has 2 heterocycles. The number of rotatable bonds is 4. The van der Waals surface area contributed by atoms with Crippen molar-refractivity contribution in [2.24, 2.45) is 0 Å². The van der Waals surface area contributed by atoms with Crippen molar-refractivity contribution >= 4 is 5.95 Å². The van der Waals surface area contributed by atoms with Gasteiger partial charge in [-0.05, 0) is 60.2 Å². The van der Waals surface area contributed by atoms with Crippen LogP contribution in [0, 0.1) is 0 Å². The molecule has 0 unspecified atom stereocenters. The van der Waals surface area contributed by atoms with Crippen molar-refractivity contribution in [3.8, 4) is 22.4 Å². The molecule has 33 heavy (non-hydrogen) atoms. The van der Waals surface area contributed by atoms with Crippen LogP contribution in [0.4, 0.5) is 5.95 Å². The molecule has 1 aromatic heterocycles. The van der Waals surface area contributed by atoms with Crippen LogP contribution in [-0.2, 0) is 18.4 Å². The van der Waals surface area contributed by atoms with Crippen LogP contribution in [0.1, 0.15) is 29.5 Å². The molecule has 0 atom stereocenters. The number of hydrogen-bond donors (Lipinski definition) is 2. The Morgan fingerprint density at radius 1 is 0.818 bits per heavy atom. The summed E-state index contributed by atoms with van der Waals surface area (Å²) in [6.07, 6.45) is 5.41. The fourth-order valence-electron chi connectivity index (χ4n) is 5.57. The van der Waals surface area contributed by atoms with Crippen molar-refractivity contribution in [2.45, 2.75) is 31.2 Å². The highest BCUT2D eigenvalue weighted by Crippen LogP contribution is 2.46. The summed E-state index contributed by atoms with van der Waals surface area (Å²) in [6.45, 7) is 2.83. The Balaban J connectivity index is 1.30. The zero-order chi connectivity index (χ0) is 22.1. The summed E-state index contributed by atoms with van der Waals surface area (Å²) in [5, 5.41) is 7.02. The average molecular weight is 433 g/mol. The first-order chi connectivity index (χ1) is 16.3. The Kier molecular flexibility index (Phi) is 5.16. The highest BCUT2D eigenvalue weighted by atomic mass is 15.1. The van der Waals surface area contributed by atoms with Gasteiger partial charge in [0.25, 0.3) is 0 Å². The van der Waals surface area contributed by atoms with E-state index in [0.717, 1.165) is 25.2 Å². The van der Waals surface area contributed by atoms with Crippen LogP contribution in [-0.4, -0.2) is 23.1 Å². The van der Waals surface area contributed by atoms with Crippen molar-refractivity contribution in [3.63, 3.8) is 0 Å². The van der Waals surface area contributed by atoms with E-state index in [2.05, 4.69) is 89.5 Å². The first kappa shape index (κ1) is 20.1. The van der Waals surface area contributed by atoms with Crippen molar-refractivity contribution in [1.29, 1.82) is 0 Å². The molecule has 6 rings (SSSR count).